The number of hydrogen-bond donors (Lipinski definition) is 3. The van der Waals surface area contributed by atoms with Gasteiger partial charge in [0.05, 0.1) is 0 Å². The average molecular weight is 278 g/mol. The lowest BCUT2D eigenvalue weighted by molar-refractivity contribution is -0.121. The second-order valence-electron chi connectivity index (χ2n) is 5.56. The molecule has 4 nitrogen and oxygen atoms in total. The van der Waals surface area contributed by atoms with Crippen LogP contribution in [0.2, 0.25) is 0 Å². The van der Waals surface area contributed by atoms with Crippen molar-refractivity contribution in [3.63, 3.8) is 0 Å². The van der Waals surface area contributed by atoms with Crippen LogP contribution in [0.3, 0.4) is 0 Å². The van der Waals surface area contributed by atoms with E-state index in [4.69, 9.17) is 5.73 Å². The molecular formula is C16H26N2O2. The smallest absolute Gasteiger partial charge is 0.220 e. The molecule has 0 saturated heterocycles. The second-order valence-corrected chi connectivity index (χ2v) is 5.56. The Morgan fingerprint density at radius 2 is 1.90 bits per heavy atom. The standard InChI is InChI=1S/C16H26N2O2/c1-12(2)14(9-10-17)5-8-16(20)18-11-13-3-6-15(19)7-4-13/h3-4,6-7,12,14,19H,5,8-11,17H2,1-2H3,(H,18,20). The maximum Gasteiger partial charge on any atom is 0.220 e. The van der Waals surface area contributed by atoms with Crippen molar-refractivity contribution in [1.29, 1.82) is 0 Å². The predicted octanol–water partition coefficient (Wildman–Crippen LogP) is 2.41. The molecule has 0 aliphatic rings. The maximum absolute atomic E-state index is 11.8. The number of amides is 1. The van der Waals surface area contributed by atoms with E-state index in [1.807, 2.05) is 0 Å². The summed E-state index contributed by atoms with van der Waals surface area (Å²) < 4.78 is 0. The SMILES string of the molecule is CC(C)C(CCN)CCC(=O)NCc1ccc(O)cc1. The summed E-state index contributed by atoms with van der Waals surface area (Å²) in [5.41, 5.74) is 6.58. The molecule has 0 aromatic heterocycles. The van der Waals surface area contributed by atoms with Crippen molar-refractivity contribution >= 4 is 5.91 Å². The van der Waals surface area contributed by atoms with Crippen LogP contribution >= 0.6 is 0 Å². The second kappa shape index (κ2) is 8.59. The van der Waals surface area contributed by atoms with Gasteiger partial charge in [0.2, 0.25) is 5.91 Å². The Morgan fingerprint density at radius 1 is 1.25 bits per heavy atom. The molecule has 0 aliphatic carbocycles. The zero-order valence-corrected chi connectivity index (χ0v) is 12.4. The number of nitrogens with one attached hydrogen (secondary N) is 1. The number of carbonyl (C=O) groups excluding carboxylic acids is 1. The minimum Gasteiger partial charge on any atom is -0.508 e. The highest BCUT2D eigenvalue weighted by molar-refractivity contribution is 5.75. The lowest BCUT2D eigenvalue weighted by Crippen LogP contribution is -2.24. The van der Waals surface area contributed by atoms with Crippen LogP contribution in [0.25, 0.3) is 0 Å². The van der Waals surface area contributed by atoms with Crippen molar-refractivity contribution in [1.82, 2.24) is 5.32 Å². The third-order valence-corrected chi connectivity index (χ3v) is 3.65. The molecule has 1 amide bonds. The lowest BCUT2D eigenvalue weighted by Gasteiger charge is -2.19. The van der Waals surface area contributed by atoms with Crippen molar-refractivity contribution < 1.29 is 9.90 Å². The van der Waals surface area contributed by atoms with E-state index in [1.165, 1.54) is 0 Å². The molecule has 0 bridgehead atoms. The van der Waals surface area contributed by atoms with Crippen LogP contribution in [0.4, 0.5) is 0 Å². The van der Waals surface area contributed by atoms with Crippen molar-refractivity contribution in [3.05, 3.63) is 29.8 Å². The molecule has 0 aliphatic heterocycles. The van der Waals surface area contributed by atoms with Crippen molar-refractivity contribution in [2.45, 2.75) is 39.7 Å². The van der Waals surface area contributed by atoms with Crippen LogP contribution in [-0.4, -0.2) is 17.6 Å². The summed E-state index contributed by atoms with van der Waals surface area (Å²) >= 11 is 0. The van der Waals surface area contributed by atoms with Crippen LogP contribution < -0.4 is 11.1 Å². The molecule has 0 radical (unpaired) electrons. The van der Waals surface area contributed by atoms with Crippen molar-refractivity contribution in [2.24, 2.45) is 17.6 Å². The first kappa shape index (κ1) is 16.5. The monoisotopic (exact) mass is 278 g/mol. The molecule has 112 valence electrons. The number of phenols is 1. The van der Waals surface area contributed by atoms with Gasteiger partial charge in [-0.15, -0.1) is 0 Å². The van der Waals surface area contributed by atoms with Crippen LogP contribution in [-0.2, 0) is 11.3 Å². The first-order valence-electron chi connectivity index (χ1n) is 7.27. The highest BCUT2D eigenvalue weighted by Gasteiger charge is 2.14. The summed E-state index contributed by atoms with van der Waals surface area (Å²) in [5.74, 6) is 1.38. The van der Waals surface area contributed by atoms with E-state index in [9.17, 15) is 9.90 Å². The van der Waals surface area contributed by atoms with E-state index in [1.54, 1.807) is 24.3 Å². The minimum atomic E-state index is 0.0701. The number of aromatic hydroxyl groups is 1. The number of carbonyl (C=O) groups is 1. The third kappa shape index (κ3) is 6.06. The number of benzene rings is 1. The molecule has 4 N–H and O–H groups in total. The van der Waals surface area contributed by atoms with Gasteiger partial charge in [0.1, 0.15) is 5.75 Å². The Kier molecular flexibility index (Phi) is 7.09. The normalized spacial score (nSPS) is 12.4. The molecule has 4 heteroatoms. The van der Waals surface area contributed by atoms with Gasteiger partial charge in [-0.1, -0.05) is 26.0 Å². The van der Waals surface area contributed by atoms with Gasteiger partial charge in [-0.3, -0.25) is 4.79 Å². The van der Waals surface area contributed by atoms with Gasteiger partial charge in [-0.25, -0.2) is 0 Å². The molecule has 1 atom stereocenters. The van der Waals surface area contributed by atoms with E-state index in [-0.39, 0.29) is 11.7 Å². The van der Waals surface area contributed by atoms with Gasteiger partial charge in [-0.2, -0.15) is 0 Å². The van der Waals surface area contributed by atoms with Gasteiger partial charge in [0.15, 0.2) is 0 Å². The molecule has 1 unspecified atom stereocenters. The zero-order chi connectivity index (χ0) is 15.0. The van der Waals surface area contributed by atoms with Crippen LogP contribution in [0.5, 0.6) is 5.75 Å². The molecule has 1 aromatic carbocycles. The topological polar surface area (TPSA) is 75.4 Å². The first-order chi connectivity index (χ1) is 9.52. The fourth-order valence-electron chi connectivity index (χ4n) is 2.24. The Labute approximate surface area is 121 Å². The van der Waals surface area contributed by atoms with Crippen LogP contribution in [0.1, 0.15) is 38.7 Å². The number of hydrogen-bond acceptors (Lipinski definition) is 3. The molecule has 1 aromatic rings. The Bertz CT molecular complexity index is 401. The third-order valence-electron chi connectivity index (χ3n) is 3.65. The minimum absolute atomic E-state index is 0.0701. The number of rotatable bonds is 8. The highest BCUT2D eigenvalue weighted by atomic mass is 16.3. The molecule has 20 heavy (non-hydrogen) atoms. The summed E-state index contributed by atoms with van der Waals surface area (Å²) in [7, 11) is 0. The Hall–Kier alpha value is -1.55. The summed E-state index contributed by atoms with van der Waals surface area (Å²) in [6.45, 7) is 5.53. The fraction of sp³-hybridized carbons (Fsp3) is 0.562. The van der Waals surface area contributed by atoms with Crippen LogP contribution in [0, 0.1) is 11.8 Å². The average Bonchev–Trinajstić information content (AvgIpc) is 2.42. The quantitative estimate of drug-likeness (QED) is 0.683. The lowest BCUT2D eigenvalue weighted by atomic mass is 9.88. The van der Waals surface area contributed by atoms with Gasteiger partial charge in [0.25, 0.3) is 0 Å². The Morgan fingerprint density at radius 3 is 2.45 bits per heavy atom. The largest absolute Gasteiger partial charge is 0.508 e. The van der Waals surface area contributed by atoms with Crippen LogP contribution in [0.15, 0.2) is 24.3 Å². The molecule has 0 fully saturated rings. The summed E-state index contributed by atoms with van der Waals surface area (Å²) in [6, 6.07) is 6.86. The van der Waals surface area contributed by atoms with Gasteiger partial charge in [0, 0.05) is 13.0 Å². The number of phenolic OH excluding ortho intramolecular Hbond substituents is 1. The maximum atomic E-state index is 11.8. The predicted molar refractivity (Wildman–Crippen MR) is 81.2 cm³/mol. The number of nitrogens with two attached hydrogens (primary N) is 1. The molecule has 0 heterocycles. The van der Waals surface area contributed by atoms with E-state index >= 15 is 0 Å². The van der Waals surface area contributed by atoms with E-state index in [2.05, 4.69) is 19.2 Å². The first-order valence-corrected chi connectivity index (χ1v) is 7.27. The fourth-order valence-corrected chi connectivity index (χ4v) is 2.24. The highest BCUT2D eigenvalue weighted by Crippen LogP contribution is 2.20. The van der Waals surface area contributed by atoms with Gasteiger partial charge < -0.3 is 16.2 Å². The zero-order valence-electron chi connectivity index (χ0n) is 12.4. The summed E-state index contributed by atoms with van der Waals surface area (Å²) in [4.78, 5) is 11.8. The van der Waals surface area contributed by atoms with Crippen molar-refractivity contribution in [3.8, 4) is 5.75 Å². The summed E-state index contributed by atoms with van der Waals surface area (Å²) in [6.07, 6.45) is 2.40. The Balaban J connectivity index is 2.31. The molecule has 0 spiro atoms. The van der Waals surface area contributed by atoms with Crippen molar-refractivity contribution in [2.75, 3.05) is 6.54 Å². The molecule has 1 rings (SSSR count). The van der Waals surface area contributed by atoms with E-state index in [0.29, 0.717) is 31.3 Å². The molecule has 0 saturated carbocycles. The molecular weight excluding hydrogens is 252 g/mol. The summed E-state index contributed by atoms with van der Waals surface area (Å²) in [5, 5.41) is 12.1. The van der Waals surface area contributed by atoms with E-state index in [0.717, 1.165) is 18.4 Å². The van der Waals surface area contributed by atoms with E-state index < -0.39 is 0 Å². The van der Waals surface area contributed by atoms with Gasteiger partial charge >= 0.3 is 0 Å². The van der Waals surface area contributed by atoms with Gasteiger partial charge in [-0.05, 0) is 48.9 Å².